The highest BCUT2D eigenvalue weighted by molar-refractivity contribution is 6.35. The van der Waals surface area contributed by atoms with Crippen LogP contribution in [0.3, 0.4) is 0 Å². The Morgan fingerprint density at radius 1 is 1.40 bits per heavy atom. The summed E-state index contributed by atoms with van der Waals surface area (Å²) in [5, 5.41) is 2.62. The number of amides is 2. The Kier molecular flexibility index (Phi) is 3.94. The van der Waals surface area contributed by atoms with Gasteiger partial charge in [-0.2, -0.15) is 0 Å². The van der Waals surface area contributed by atoms with E-state index in [2.05, 4.69) is 5.32 Å². The molecule has 6 heteroatoms. The molecule has 0 aliphatic heterocycles. The summed E-state index contributed by atoms with van der Waals surface area (Å²) in [4.78, 5) is 22.1. The third-order valence-corrected chi connectivity index (χ3v) is 2.21. The molecule has 1 aromatic carbocycles. The zero-order valence-electron chi connectivity index (χ0n) is 7.59. The minimum Gasteiger partial charge on any atom is -0.365 e. The van der Waals surface area contributed by atoms with E-state index in [1.165, 1.54) is 12.1 Å². The van der Waals surface area contributed by atoms with Gasteiger partial charge in [-0.15, -0.1) is 11.6 Å². The van der Waals surface area contributed by atoms with E-state index < -0.39 is 11.8 Å². The van der Waals surface area contributed by atoms with E-state index in [9.17, 15) is 9.59 Å². The van der Waals surface area contributed by atoms with Crippen LogP contribution >= 0.6 is 23.2 Å². The molecule has 0 atom stereocenters. The molecule has 0 fully saturated rings. The molecular weight excluding hydrogens is 239 g/mol. The first-order valence-corrected chi connectivity index (χ1v) is 4.91. The first-order chi connectivity index (χ1) is 7.06. The maximum Gasteiger partial charge on any atom is 0.252 e. The summed E-state index contributed by atoms with van der Waals surface area (Å²) in [6.07, 6.45) is 0. The largest absolute Gasteiger partial charge is 0.365 e. The quantitative estimate of drug-likeness (QED) is 0.796. The Morgan fingerprint density at radius 3 is 2.60 bits per heavy atom. The molecule has 0 saturated carbocycles. The SMILES string of the molecule is NC(=O)c1c(Cl)cccc1NC(=O)CCl. The topological polar surface area (TPSA) is 72.2 Å². The summed E-state index contributed by atoms with van der Waals surface area (Å²) in [6, 6.07) is 4.63. The number of carbonyl (C=O) groups is 2. The summed E-state index contributed by atoms with van der Waals surface area (Å²) < 4.78 is 0. The third kappa shape index (κ3) is 2.84. The Labute approximate surface area is 96.3 Å². The molecule has 0 heterocycles. The number of primary amides is 1. The average Bonchev–Trinajstić information content (AvgIpc) is 2.17. The number of halogens is 2. The third-order valence-electron chi connectivity index (χ3n) is 1.66. The van der Waals surface area contributed by atoms with E-state index in [0.29, 0.717) is 0 Å². The molecule has 15 heavy (non-hydrogen) atoms. The number of hydrogen-bond donors (Lipinski definition) is 2. The molecule has 0 spiro atoms. The lowest BCUT2D eigenvalue weighted by molar-refractivity contribution is -0.113. The normalized spacial score (nSPS) is 9.73. The van der Waals surface area contributed by atoms with Crippen molar-refractivity contribution in [1.82, 2.24) is 0 Å². The van der Waals surface area contributed by atoms with Crippen molar-refractivity contribution in [2.24, 2.45) is 5.73 Å². The second-order valence-corrected chi connectivity index (χ2v) is 3.38. The van der Waals surface area contributed by atoms with E-state index >= 15 is 0 Å². The van der Waals surface area contributed by atoms with Gasteiger partial charge in [0, 0.05) is 0 Å². The number of benzene rings is 1. The molecule has 0 aliphatic carbocycles. The van der Waals surface area contributed by atoms with Crippen LogP contribution in [0.25, 0.3) is 0 Å². The van der Waals surface area contributed by atoms with Crippen LogP contribution in [0, 0.1) is 0 Å². The molecule has 0 bridgehead atoms. The van der Waals surface area contributed by atoms with Crippen molar-refractivity contribution >= 4 is 40.7 Å². The van der Waals surface area contributed by atoms with Crippen LogP contribution in [0.15, 0.2) is 18.2 Å². The Hall–Kier alpha value is -1.26. The van der Waals surface area contributed by atoms with Gasteiger partial charge >= 0.3 is 0 Å². The molecule has 0 saturated heterocycles. The van der Waals surface area contributed by atoms with Crippen molar-refractivity contribution in [3.8, 4) is 0 Å². The maximum atomic E-state index is 11.1. The Balaban J connectivity index is 3.11. The fraction of sp³-hybridized carbons (Fsp3) is 0.111. The molecular formula is C9H8Cl2N2O2. The fourth-order valence-electron chi connectivity index (χ4n) is 1.06. The van der Waals surface area contributed by atoms with Crippen molar-refractivity contribution < 1.29 is 9.59 Å². The van der Waals surface area contributed by atoms with Crippen LogP contribution in [0.1, 0.15) is 10.4 Å². The summed E-state index contributed by atoms with van der Waals surface area (Å²) in [5.74, 6) is -1.34. The first-order valence-electron chi connectivity index (χ1n) is 4.00. The second kappa shape index (κ2) is 5.00. The molecule has 3 N–H and O–H groups in total. The molecule has 0 aromatic heterocycles. The van der Waals surface area contributed by atoms with Gasteiger partial charge in [0.05, 0.1) is 16.3 Å². The highest BCUT2D eigenvalue weighted by atomic mass is 35.5. The number of alkyl halides is 1. The number of hydrogen-bond acceptors (Lipinski definition) is 2. The van der Waals surface area contributed by atoms with E-state index in [1.54, 1.807) is 6.07 Å². The van der Waals surface area contributed by atoms with Crippen molar-refractivity contribution in [2.45, 2.75) is 0 Å². The van der Waals surface area contributed by atoms with Crippen LogP contribution in [-0.2, 0) is 4.79 Å². The highest BCUT2D eigenvalue weighted by Crippen LogP contribution is 2.23. The van der Waals surface area contributed by atoms with Crippen molar-refractivity contribution in [2.75, 3.05) is 11.2 Å². The molecule has 0 radical (unpaired) electrons. The number of rotatable bonds is 3. The van der Waals surface area contributed by atoms with E-state index in [0.717, 1.165) is 0 Å². The molecule has 80 valence electrons. The van der Waals surface area contributed by atoms with Crippen molar-refractivity contribution in [1.29, 1.82) is 0 Å². The molecule has 2 amide bonds. The van der Waals surface area contributed by atoms with Gasteiger partial charge in [0.2, 0.25) is 5.91 Å². The van der Waals surface area contributed by atoms with Crippen molar-refractivity contribution in [3.05, 3.63) is 28.8 Å². The van der Waals surface area contributed by atoms with Crippen molar-refractivity contribution in [3.63, 3.8) is 0 Å². The standard InChI is InChI=1S/C9H8Cl2N2O2/c10-4-7(14)13-6-3-1-2-5(11)8(6)9(12)15/h1-3H,4H2,(H2,12,15)(H,13,14). The summed E-state index contributed by atoms with van der Waals surface area (Å²) in [5.41, 5.74) is 5.47. The van der Waals surface area contributed by atoms with Gasteiger partial charge in [-0.1, -0.05) is 17.7 Å². The van der Waals surface area contributed by atoms with Crippen LogP contribution < -0.4 is 11.1 Å². The lowest BCUT2D eigenvalue weighted by Crippen LogP contribution is -2.19. The lowest BCUT2D eigenvalue weighted by atomic mass is 10.1. The zero-order valence-corrected chi connectivity index (χ0v) is 9.10. The van der Waals surface area contributed by atoms with Crippen LogP contribution in [-0.4, -0.2) is 17.7 Å². The predicted molar refractivity (Wildman–Crippen MR) is 59.3 cm³/mol. The molecule has 0 unspecified atom stereocenters. The number of nitrogens with two attached hydrogens (primary N) is 1. The minimum atomic E-state index is -0.703. The van der Waals surface area contributed by atoms with Gasteiger partial charge in [-0.3, -0.25) is 9.59 Å². The van der Waals surface area contributed by atoms with Gasteiger partial charge in [-0.05, 0) is 12.1 Å². The van der Waals surface area contributed by atoms with Gasteiger partial charge in [0.25, 0.3) is 5.91 Å². The van der Waals surface area contributed by atoms with E-state index in [-0.39, 0.29) is 22.2 Å². The smallest absolute Gasteiger partial charge is 0.252 e. The van der Waals surface area contributed by atoms with Crippen LogP contribution in [0.2, 0.25) is 5.02 Å². The maximum absolute atomic E-state index is 11.1. The molecule has 1 aromatic rings. The Morgan fingerprint density at radius 2 is 2.07 bits per heavy atom. The van der Waals surface area contributed by atoms with Crippen LogP contribution in [0.4, 0.5) is 5.69 Å². The summed E-state index contributed by atoms with van der Waals surface area (Å²) in [7, 11) is 0. The van der Waals surface area contributed by atoms with Gasteiger partial charge in [-0.25, -0.2) is 0 Å². The molecule has 0 aliphatic rings. The monoisotopic (exact) mass is 246 g/mol. The van der Waals surface area contributed by atoms with Gasteiger partial charge in [0.1, 0.15) is 5.88 Å². The summed E-state index contributed by atoms with van der Waals surface area (Å²) >= 11 is 11.1. The summed E-state index contributed by atoms with van der Waals surface area (Å²) in [6.45, 7) is 0. The Bertz CT molecular complexity index is 407. The van der Waals surface area contributed by atoms with E-state index in [1.807, 2.05) is 0 Å². The highest BCUT2D eigenvalue weighted by Gasteiger charge is 2.13. The predicted octanol–water partition coefficient (Wildman–Crippen LogP) is 1.62. The van der Waals surface area contributed by atoms with Crippen LogP contribution in [0.5, 0.6) is 0 Å². The van der Waals surface area contributed by atoms with E-state index in [4.69, 9.17) is 28.9 Å². The average molecular weight is 247 g/mol. The fourth-order valence-corrected chi connectivity index (χ4v) is 1.40. The first kappa shape index (κ1) is 11.8. The molecule has 1 rings (SSSR count). The van der Waals surface area contributed by atoms with Gasteiger partial charge in [0.15, 0.2) is 0 Å². The second-order valence-electron chi connectivity index (χ2n) is 2.71. The number of anilines is 1. The molecule has 4 nitrogen and oxygen atoms in total. The van der Waals surface area contributed by atoms with Gasteiger partial charge < -0.3 is 11.1 Å². The lowest BCUT2D eigenvalue weighted by Gasteiger charge is -2.08. The number of carbonyl (C=O) groups excluding carboxylic acids is 2. The number of nitrogens with one attached hydrogen (secondary N) is 1. The zero-order chi connectivity index (χ0) is 11.4. The minimum absolute atomic E-state index is 0.0811.